The number of anilines is 2. The Kier molecular flexibility index (Phi) is 4.35. The van der Waals surface area contributed by atoms with Crippen LogP contribution in [0.3, 0.4) is 0 Å². The number of amides is 1. The van der Waals surface area contributed by atoms with Crippen molar-refractivity contribution in [3.63, 3.8) is 0 Å². The van der Waals surface area contributed by atoms with Crippen LogP contribution in [0.5, 0.6) is 0 Å². The van der Waals surface area contributed by atoms with Gasteiger partial charge in [0.2, 0.25) is 0 Å². The Morgan fingerprint density at radius 1 is 1.04 bits per heavy atom. The van der Waals surface area contributed by atoms with Gasteiger partial charge in [0.1, 0.15) is 17.8 Å². The number of benzene rings is 2. The first-order valence-corrected chi connectivity index (χ1v) is 8.71. The average molecular weight is 344 g/mol. The number of carbonyl (C=O) groups is 1. The van der Waals surface area contributed by atoms with E-state index in [9.17, 15) is 4.79 Å². The van der Waals surface area contributed by atoms with Crippen LogP contribution in [0.25, 0.3) is 0 Å². The molecule has 3 aromatic rings. The molecule has 5 nitrogen and oxygen atoms in total. The van der Waals surface area contributed by atoms with Gasteiger partial charge in [0, 0.05) is 24.8 Å². The summed E-state index contributed by atoms with van der Waals surface area (Å²) in [5.41, 5.74) is 4.97. The van der Waals surface area contributed by atoms with Crippen LogP contribution in [0.2, 0.25) is 0 Å². The fraction of sp³-hybridized carbons (Fsp3) is 0.190. The lowest BCUT2D eigenvalue weighted by Crippen LogP contribution is -2.31. The smallest absolute Gasteiger partial charge is 0.274 e. The molecule has 130 valence electrons. The molecule has 26 heavy (non-hydrogen) atoms. The van der Waals surface area contributed by atoms with Crippen LogP contribution < -0.4 is 10.2 Å². The molecule has 1 aliphatic rings. The Morgan fingerprint density at radius 3 is 2.62 bits per heavy atom. The second kappa shape index (κ2) is 6.96. The highest BCUT2D eigenvalue weighted by Crippen LogP contribution is 2.23. The maximum atomic E-state index is 12.5. The van der Waals surface area contributed by atoms with Crippen LogP contribution in [-0.2, 0) is 13.0 Å². The van der Waals surface area contributed by atoms with Crippen molar-refractivity contribution in [3.05, 3.63) is 83.3 Å². The highest BCUT2D eigenvalue weighted by atomic mass is 16.1. The van der Waals surface area contributed by atoms with Gasteiger partial charge < -0.3 is 10.2 Å². The minimum absolute atomic E-state index is 0.227. The van der Waals surface area contributed by atoms with Crippen LogP contribution in [0.4, 0.5) is 11.5 Å². The molecule has 4 rings (SSSR count). The molecule has 0 fully saturated rings. The zero-order valence-corrected chi connectivity index (χ0v) is 14.6. The van der Waals surface area contributed by atoms with Gasteiger partial charge in [0.05, 0.1) is 0 Å². The van der Waals surface area contributed by atoms with Gasteiger partial charge >= 0.3 is 0 Å². The average Bonchev–Trinajstić information content (AvgIpc) is 2.69. The zero-order chi connectivity index (χ0) is 17.9. The quantitative estimate of drug-likeness (QED) is 0.789. The molecule has 2 aromatic carbocycles. The Balaban J connectivity index is 1.51. The normalized spacial score (nSPS) is 13.2. The van der Waals surface area contributed by atoms with Crippen molar-refractivity contribution in [2.24, 2.45) is 0 Å². The van der Waals surface area contributed by atoms with Gasteiger partial charge in [-0.05, 0) is 36.6 Å². The van der Waals surface area contributed by atoms with Crippen molar-refractivity contribution >= 4 is 17.4 Å². The molecular formula is C21H20N4O. The molecule has 1 N–H and O–H groups in total. The number of hydrogen-bond donors (Lipinski definition) is 1. The van der Waals surface area contributed by atoms with Gasteiger partial charge in [-0.1, -0.05) is 42.0 Å². The van der Waals surface area contributed by atoms with Gasteiger partial charge in [-0.3, -0.25) is 4.79 Å². The highest BCUT2D eigenvalue weighted by molar-refractivity contribution is 6.03. The van der Waals surface area contributed by atoms with E-state index >= 15 is 0 Å². The van der Waals surface area contributed by atoms with E-state index < -0.39 is 0 Å². The Labute approximate surface area is 152 Å². The fourth-order valence-electron chi connectivity index (χ4n) is 3.17. The van der Waals surface area contributed by atoms with Crippen LogP contribution in [0.15, 0.2) is 60.9 Å². The summed E-state index contributed by atoms with van der Waals surface area (Å²) in [4.78, 5) is 23.2. The van der Waals surface area contributed by atoms with Crippen molar-refractivity contribution in [2.75, 3.05) is 16.8 Å². The summed E-state index contributed by atoms with van der Waals surface area (Å²) in [6.07, 6.45) is 2.44. The summed E-state index contributed by atoms with van der Waals surface area (Å²) in [5.74, 6) is 0.554. The summed E-state index contributed by atoms with van der Waals surface area (Å²) in [5, 5.41) is 2.88. The van der Waals surface area contributed by atoms with E-state index in [1.165, 1.54) is 17.5 Å². The third-order valence-corrected chi connectivity index (χ3v) is 4.65. The van der Waals surface area contributed by atoms with Crippen LogP contribution in [0, 0.1) is 6.92 Å². The molecule has 1 amide bonds. The van der Waals surface area contributed by atoms with Gasteiger partial charge in [0.15, 0.2) is 0 Å². The molecule has 0 saturated carbocycles. The van der Waals surface area contributed by atoms with Crippen molar-refractivity contribution in [1.29, 1.82) is 0 Å². The second-order valence-corrected chi connectivity index (χ2v) is 6.52. The largest absolute Gasteiger partial charge is 0.352 e. The first-order valence-electron chi connectivity index (χ1n) is 8.71. The summed E-state index contributed by atoms with van der Waals surface area (Å²) < 4.78 is 0. The summed E-state index contributed by atoms with van der Waals surface area (Å²) in [6, 6.07) is 17.9. The number of hydrogen-bond acceptors (Lipinski definition) is 4. The number of nitrogens with zero attached hydrogens (tertiary/aromatic N) is 3. The molecule has 5 heteroatoms. The third kappa shape index (κ3) is 3.42. The van der Waals surface area contributed by atoms with Crippen LogP contribution in [0.1, 0.15) is 27.2 Å². The Morgan fingerprint density at radius 2 is 1.81 bits per heavy atom. The van der Waals surface area contributed by atoms with E-state index in [2.05, 4.69) is 44.5 Å². The maximum absolute atomic E-state index is 12.5. The lowest BCUT2D eigenvalue weighted by atomic mass is 10.00. The molecule has 1 aliphatic heterocycles. The monoisotopic (exact) mass is 344 g/mol. The fourth-order valence-corrected chi connectivity index (χ4v) is 3.17. The molecule has 2 heterocycles. The van der Waals surface area contributed by atoms with E-state index in [0.717, 1.165) is 36.6 Å². The van der Waals surface area contributed by atoms with Crippen molar-refractivity contribution in [3.8, 4) is 0 Å². The molecule has 1 aromatic heterocycles. The van der Waals surface area contributed by atoms with Gasteiger partial charge in [-0.2, -0.15) is 0 Å². The Bertz CT molecular complexity index is 937. The summed E-state index contributed by atoms with van der Waals surface area (Å²) >= 11 is 0. The number of nitrogens with one attached hydrogen (secondary N) is 1. The standard InChI is InChI=1S/C21H20N4O/c1-15-6-8-18(9-7-15)24-21(26)19-12-20(23-14-22-19)25-11-10-16-4-2-3-5-17(16)13-25/h2-9,12,14H,10-11,13H2,1H3,(H,24,26). The second-order valence-electron chi connectivity index (χ2n) is 6.52. The van der Waals surface area contributed by atoms with Gasteiger partial charge in [0.25, 0.3) is 5.91 Å². The van der Waals surface area contributed by atoms with Crippen molar-refractivity contribution in [2.45, 2.75) is 19.9 Å². The topological polar surface area (TPSA) is 58.1 Å². The van der Waals surface area contributed by atoms with Gasteiger partial charge in [-0.25, -0.2) is 9.97 Å². The van der Waals surface area contributed by atoms with E-state index in [1.807, 2.05) is 31.2 Å². The third-order valence-electron chi connectivity index (χ3n) is 4.65. The number of aryl methyl sites for hydroxylation is 1. The van der Waals surface area contributed by atoms with E-state index in [1.54, 1.807) is 6.07 Å². The molecule has 0 bridgehead atoms. The number of rotatable bonds is 3. The minimum Gasteiger partial charge on any atom is -0.352 e. The molecule has 0 unspecified atom stereocenters. The lowest BCUT2D eigenvalue weighted by Gasteiger charge is -2.29. The molecule has 0 atom stereocenters. The lowest BCUT2D eigenvalue weighted by molar-refractivity contribution is 0.102. The molecular weight excluding hydrogens is 324 g/mol. The predicted molar refractivity (Wildman–Crippen MR) is 102 cm³/mol. The predicted octanol–water partition coefficient (Wildman–Crippen LogP) is 3.60. The first kappa shape index (κ1) is 16.3. The zero-order valence-electron chi connectivity index (χ0n) is 14.6. The van der Waals surface area contributed by atoms with Gasteiger partial charge in [-0.15, -0.1) is 0 Å². The molecule has 0 aliphatic carbocycles. The maximum Gasteiger partial charge on any atom is 0.274 e. The summed E-state index contributed by atoms with van der Waals surface area (Å²) in [6.45, 7) is 3.69. The number of fused-ring (bicyclic) bond motifs is 1. The number of aromatic nitrogens is 2. The molecule has 0 saturated heterocycles. The van der Waals surface area contributed by atoms with Crippen LogP contribution in [-0.4, -0.2) is 22.4 Å². The molecule has 0 spiro atoms. The van der Waals surface area contributed by atoms with Crippen molar-refractivity contribution in [1.82, 2.24) is 9.97 Å². The molecule has 0 radical (unpaired) electrons. The Hall–Kier alpha value is -3.21. The van der Waals surface area contributed by atoms with E-state index in [4.69, 9.17) is 0 Å². The minimum atomic E-state index is -0.227. The first-order chi connectivity index (χ1) is 12.7. The van der Waals surface area contributed by atoms with Crippen LogP contribution >= 0.6 is 0 Å². The summed E-state index contributed by atoms with van der Waals surface area (Å²) in [7, 11) is 0. The van der Waals surface area contributed by atoms with E-state index in [0.29, 0.717) is 5.69 Å². The highest BCUT2D eigenvalue weighted by Gasteiger charge is 2.18. The number of carbonyl (C=O) groups excluding carboxylic acids is 1. The van der Waals surface area contributed by atoms with Crippen molar-refractivity contribution < 1.29 is 4.79 Å². The van der Waals surface area contributed by atoms with E-state index in [-0.39, 0.29) is 5.91 Å². The SMILES string of the molecule is Cc1ccc(NC(=O)c2cc(N3CCc4ccccc4C3)ncn2)cc1.